The molecular weight excluding hydrogens is 1100 g/mol. The molecule has 0 fully saturated rings. The van der Waals surface area contributed by atoms with Crippen molar-refractivity contribution in [2.75, 3.05) is 47.5 Å². The van der Waals surface area contributed by atoms with Crippen LogP contribution in [-0.4, -0.2) is 87.4 Å². The van der Waals surface area contributed by atoms with Crippen LogP contribution in [0.5, 0.6) is 0 Å². The van der Waals surface area contributed by atoms with Gasteiger partial charge in [-0.2, -0.15) is 0 Å². The molecule has 0 saturated carbocycles. The minimum Gasteiger partial charge on any atom is -0.477 e. The number of nitrogens with zero attached hydrogens (tertiary/aromatic N) is 1. The van der Waals surface area contributed by atoms with Crippen molar-refractivity contribution in [2.45, 2.75) is 399 Å². The van der Waals surface area contributed by atoms with E-state index in [1.54, 1.807) is 0 Å². The first-order valence-electron chi connectivity index (χ1n) is 38.8. The molecule has 1 N–H and O–H groups in total. The number of likely N-dealkylation sites (N-methyl/N-ethyl adjacent to an activating group) is 1. The third-order valence-electron chi connectivity index (χ3n) is 17.6. The molecule has 0 heterocycles. The highest BCUT2D eigenvalue weighted by molar-refractivity contribution is 5.71. The van der Waals surface area contributed by atoms with Gasteiger partial charge in [-0.3, -0.25) is 9.59 Å². The van der Waals surface area contributed by atoms with Crippen molar-refractivity contribution in [3.05, 3.63) is 48.6 Å². The monoisotopic (exact) mass is 1250 g/mol. The maximum Gasteiger partial charge on any atom is 0.361 e. The zero-order chi connectivity index (χ0) is 64.7. The molecule has 0 aromatic rings. The minimum atomic E-state index is -1.51. The molecule has 0 saturated heterocycles. The van der Waals surface area contributed by atoms with E-state index in [9.17, 15) is 19.5 Å². The fourth-order valence-corrected chi connectivity index (χ4v) is 11.6. The summed E-state index contributed by atoms with van der Waals surface area (Å²) in [6.07, 6.45) is 89.8. The third-order valence-corrected chi connectivity index (χ3v) is 17.6. The standard InChI is InChI=1S/C80H149NO8/c1-6-8-10-12-14-16-18-20-22-24-26-28-30-31-32-33-34-35-36-37-38-39-40-41-42-43-44-45-46-47-49-51-53-55-57-59-61-63-65-67-69-71-78(83)89-76(75-88-80(79(84)85)86-73-72-81(3,4)5)74-87-77(82)70-68-66-64-62-60-58-56-54-52-50-48-29-27-25-23-21-19-17-15-13-11-9-7-2/h18-21,24-27,76,80H,6-17,22-23,28-75H2,1-5H3/p+1/b20-18-,21-19-,26-24-,27-25-. The second-order valence-corrected chi connectivity index (χ2v) is 27.7. The van der Waals surface area contributed by atoms with E-state index in [0.717, 1.165) is 51.4 Å². The highest BCUT2D eigenvalue weighted by Gasteiger charge is 2.25. The Kier molecular flexibility index (Phi) is 68.9. The number of rotatable bonds is 73. The Morgan fingerprint density at radius 1 is 0.337 bits per heavy atom. The fraction of sp³-hybridized carbons (Fsp3) is 0.863. The molecule has 9 nitrogen and oxygen atoms in total. The quantitative estimate of drug-likeness (QED) is 0.0211. The number of unbranched alkanes of at least 4 members (excludes halogenated alkanes) is 50. The van der Waals surface area contributed by atoms with Crippen molar-refractivity contribution in [1.82, 2.24) is 0 Å². The van der Waals surface area contributed by atoms with Crippen molar-refractivity contribution in [3.8, 4) is 0 Å². The number of esters is 2. The summed E-state index contributed by atoms with van der Waals surface area (Å²) in [5, 5.41) is 9.76. The van der Waals surface area contributed by atoms with E-state index in [1.807, 2.05) is 21.1 Å². The van der Waals surface area contributed by atoms with Crippen molar-refractivity contribution in [2.24, 2.45) is 0 Å². The predicted octanol–water partition coefficient (Wildman–Crippen LogP) is 24.5. The van der Waals surface area contributed by atoms with Crippen LogP contribution in [0.3, 0.4) is 0 Å². The van der Waals surface area contributed by atoms with E-state index in [0.29, 0.717) is 17.4 Å². The first-order valence-corrected chi connectivity index (χ1v) is 38.8. The summed E-state index contributed by atoms with van der Waals surface area (Å²) in [5.41, 5.74) is 0. The summed E-state index contributed by atoms with van der Waals surface area (Å²) >= 11 is 0. The van der Waals surface area contributed by atoms with Crippen molar-refractivity contribution < 1.29 is 42.9 Å². The van der Waals surface area contributed by atoms with E-state index in [1.165, 1.54) is 308 Å². The number of carboxylic acids is 1. The van der Waals surface area contributed by atoms with Crippen LogP contribution in [0, 0.1) is 0 Å². The van der Waals surface area contributed by atoms with Crippen LogP contribution in [0.25, 0.3) is 0 Å². The lowest BCUT2D eigenvalue weighted by Crippen LogP contribution is -2.40. The van der Waals surface area contributed by atoms with Gasteiger partial charge in [-0.25, -0.2) is 4.79 Å². The van der Waals surface area contributed by atoms with Gasteiger partial charge in [0.05, 0.1) is 34.4 Å². The van der Waals surface area contributed by atoms with E-state index in [-0.39, 0.29) is 38.2 Å². The number of hydrogen-bond acceptors (Lipinski definition) is 7. The molecule has 2 atom stereocenters. The smallest absolute Gasteiger partial charge is 0.361 e. The maximum absolute atomic E-state index is 13.0. The number of hydrogen-bond donors (Lipinski definition) is 1. The lowest BCUT2D eigenvalue weighted by Gasteiger charge is -2.25. The third kappa shape index (κ3) is 72.5. The molecule has 9 heteroatoms. The summed E-state index contributed by atoms with van der Waals surface area (Å²) in [7, 11) is 5.99. The Morgan fingerprint density at radius 2 is 0.607 bits per heavy atom. The van der Waals surface area contributed by atoms with E-state index >= 15 is 0 Å². The van der Waals surface area contributed by atoms with Gasteiger partial charge in [-0.15, -0.1) is 0 Å². The largest absolute Gasteiger partial charge is 0.477 e. The van der Waals surface area contributed by atoms with Crippen LogP contribution in [0.1, 0.15) is 386 Å². The van der Waals surface area contributed by atoms with Crippen LogP contribution in [-0.2, 0) is 33.3 Å². The number of carbonyl (C=O) groups excluding carboxylic acids is 2. The second kappa shape index (κ2) is 71.1. The number of quaternary nitrogens is 1. The van der Waals surface area contributed by atoms with Gasteiger partial charge in [0.2, 0.25) is 0 Å². The molecule has 2 unspecified atom stereocenters. The highest BCUT2D eigenvalue weighted by atomic mass is 16.7. The molecule has 89 heavy (non-hydrogen) atoms. The number of ether oxygens (including phenoxy) is 4. The lowest BCUT2D eigenvalue weighted by molar-refractivity contribution is -0.870. The Labute approximate surface area is 553 Å². The number of allylic oxidation sites excluding steroid dienone is 8. The van der Waals surface area contributed by atoms with Crippen molar-refractivity contribution in [3.63, 3.8) is 0 Å². The van der Waals surface area contributed by atoms with Crippen LogP contribution in [0.4, 0.5) is 0 Å². The minimum absolute atomic E-state index is 0.179. The predicted molar refractivity (Wildman–Crippen MR) is 383 cm³/mol. The van der Waals surface area contributed by atoms with Crippen LogP contribution in [0.2, 0.25) is 0 Å². The average Bonchev–Trinajstić information content (AvgIpc) is 3.64. The fourth-order valence-electron chi connectivity index (χ4n) is 11.6. The van der Waals surface area contributed by atoms with Crippen LogP contribution in [0.15, 0.2) is 48.6 Å². The number of carbonyl (C=O) groups is 3. The first-order chi connectivity index (χ1) is 43.6. The number of carboxylic acid groups (broad SMARTS) is 1. The molecule has 0 aromatic heterocycles. The molecule has 0 radical (unpaired) electrons. The van der Waals surface area contributed by atoms with Gasteiger partial charge in [0.25, 0.3) is 6.29 Å². The van der Waals surface area contributed by atoms with Gasteiger partial charge in [0, 0.05) is 12.8 Å². The van der Waals surface area contributed by atoms with Crippen LogP contribution < -0.4 is 0 Å². The van der Waals surface area contributed by atoms with Crippen molar-refractivity contribution >= 4 is 17.9 Å². The van der Waals surface area contributed by atoms with Crippen LogP contribution >= 0.6 is 0 Å². The van der Waals surface area contributed by atoms with Gasteiger partial charge in [-0.1, -0.05) is 345 Å². The zero-order valence-corrected chi connectivity index (χ0v) is 59.9. The van der Waals surface area contributed by atoms with E-state index < -0.39 is 18.4 Å². The van der Waals surface area contributed by atoms with Gasteiger partial charge >= 0.3 is 17.9 Å². The second-order valence-electron chi connectivity index (χ2n) is 27.7. The Morgan fingerprint density at radius 3 is 0.888 bits per heavy atom. The van der Waals surface area contributed by atoms with Gasteiger partial charge in [0.15, 0.2) is 6.10 Å². The van der Waals surface area contributed by atoms with E-state index in [4.69, 9.17) is 18.9 Å². The summed E-state index contributed by atoms with van der Waals surface area (Å²) in [6, 6.07) is 0. The highest BCUT2D eigenvalue weighted by Crippen LogP contribution is 2.19. The topological polar surface area (TPSA) is 108 Å². The number of aliphatic carboxylic acids is 1. The molecule has 0 aliphatic heterocycles. The van der Waals surface area contributed by atoms with Crippen molar-refractivity contribution in [1.29, 1.82) is 0 Å². The average molecular weight is 1250 g/mol. The Hall–Kier alpha value is -2.75. The van der Waals surface area contributed by atoms with Gasteiger partial charge < -0.3 is 28.5 Å². The molecule has 0 bridgehead atoms. The van der Waals surface area contributed by atoms with Gasteiger partial charge in [0.1, 0.15) is 13.2 Å². The molecular formula is C80H150NO8+. The molecule has 522 valence electrons. The molecule has 0 aromatic carbocycles. The van der Waals surface area contributed by atoms with Gasteiger partial charge in [-0.05, 0) is 77.0 Å². The molecule has 0 aliphatic rings. The SMILES string of the molecule is CCCCCCC/C=C\C/C=C\CCCCCCCCCCCCCCCCCCCCCCCCCCCCCCCC(=O)OC(COC(=O)CCCCCCCCCCCCC/C=C\C/C=C\CCCCCCC)COC(OCC[N+](C)(C)C)C(=O)O. The first kappa shape index (κ1) is 86.2. The normalized spacial score (nSPS) is 12.9. The summed E-state index contributed by atoms with van der Waals surface area (Å²) < 4.78 is 23.0. The Balaban J connectivity index is 3.94. The maximum atomic E-state index is 13.0. The lowest BCUT2D eigenvalue weighted by atomic mass is 10.0. The molecule has 0 aliphatic carbocycles. The summed E-state index contributed by atoms with van der Waals surface area (Å²) in [6.45, 7) is 4.92. The molecule has 0 spiro atoms. The molecule has 0 rings (SSSR count). The molecule has 0 amide bonds. The summed E-state index contributed by atoms with van der Waals surface area (Å²) in [5.74, 6) is -1.98. The van der Waals surface area contributed by atoms with E-state index in [2.05, 4.69) is 62.5 Å². The zero-order valence-electron chi connectivity index (χ0n) is 59.9. The Bertz CT molecular complexity index is 1600. The summed E-state index contributed by atoms with van der Waals surface area (Å²) in [4.78, 5) is 37.7.